The van der Waals surface area contributed by atoms with Crippen LogP contribution in [0.4, 0.5) is 10.1 Å². The zero-order chi connectivity index (χ0) is 18.7. The maximum absolute atomic E-state index is 13.3. The number of fused-ring (bicyclic) bond motifs is 1. The molecule has 7 heteroatoms. The van der Waals surface area contributed by atoms with Gasteiger partial charge in [-0.05, 0) is 65.9 Å². The van der Waals surface area contributed by atoms with Gasteiger partial charge in [0.05, 0.1) is 16.8 Å². The minimum Gasteiger partial charge on any atom is -0.452 e. The van der Waals surface area contributed by atoms with E-state index in [0.29, 0.717) is 22.3 Å². The molecule has 0 bridgehead atoms. The number of aryl methyl sites for hydroxylation is 1. The molecule has 0 saturated heterocycles. The Morgan fingerprint density at radius 2 is 2.00 bits per heavy atom. The molecule has 132 valence electrons. The fourth-order valence-corrected chi connectivity index (χ4v) is 2.96. The first-order chi connectivity index (χ1) is 12.4. The molecule has 0 aliphatic heterocycles. The van der Waals surface area contributed by atoms with Crippen LogP contribution >= 0.6 is 22.6 Å². The Balaban J connectivity index is 1.68. The fraction of sp³-hybridized carbons (Fsp3) is 0.105. The number of pyridine rings is 1. The van der Waals surface area contributed by atoms with Crippen LogP contribution in [-0.2, 0) is 9.53 Å². The summed E-state index contributed by atoms with van der Waals surface area (Å²) in [5, 5.41) is 3.28. The summed E-state index contributed by atoms with van der Waals surface area (Å²) in [5.74, 6) is -1.49. The zero-order valence-electron chi connectivity index (χ0n) is 13.8. The quantitative estimate of drug-likeness (QED) is 0.467. The lowest BCUT2D eigenvalue weighted by Gasteiger charge is -2.09. The number of benzene rings is 2. The molecule has 0 saturated carbocycles. The molecule has 0 aliphatic rings. The third-order valence-corrected chi connectivity index (χ3v) is 4.30. The van der Waals surface area contributed by atoms with E-state index in [1.165, 1.54) is 18.2 Å². The number of carbonyl (C=O) groups is 2. The van der Waals surface area contributed by atoms with Gasteiger partial charge < -0.3 is 10.1 Å². The average molecular weight is 464 g/mol. The highest BCUT2D eigenvalue weighted by Gasteiger charge is 2.15. The summed E-state index contributed by atoms with van der Waals surface area (Å²) < 4.78 is 19.3. The lowest BCUT2D eigenvalue weighted by Crippen LogP contribution is -2.21. The molecule has 1 heterocycles. The molecule has 1 amide bonds. The monoisotopic (exact) mass is 464 g/mol. The van der Waals surface area contributed by atoms with E-state index in [2.05, 4.69) is 32.9 Å². The summed E-state index contributed by atoms with van der Waals surface area (Å²) in [6.07, 6.45) is 0. The molecular weight excluding hydrogens is 450 g/mol. The highest BCUT2D eigenvalue weighted by molar-refractivity contribution is 14.1. The predicted molar refractivity (Wildman–Crippen MR) is 105 cm³/mol. The van der Waals surface area contributed by atoms with Gasteiger partial charge in [-0.25, -0.2) is 9.18 Å². The van der Waals surface area contributed by atoms with E-state index < -0.39 is 24.3 Å². The number of esters is 1. The predicted octanol–water partition coefficient (Wildman–Crippen LogP) is 4.08. The Bertz CT molecular complexity index is 1010. The summed E-state index contributed by atoms with van der Waals surface area (Å²) in [6, 6.07) is 13.0. The maximum Gasteiger partial charge on any atom is 0.340 e. The molecule has 0 atom stereocenters. The molecule has 0 unspecified atom stereocenters. The molecule has 0 aliphatic carbocycles. The second-order valence-corrected chi connectivity index (χ2v) is 6.84. The van der Waals surface area contributed by atoms with Gasteiger partial charge in [0.15, 0.2) is 6.61 Å². The smallest absolute Gasteiger partial charge is 0.340 e. The number of hydrogen-bond acceptors (Lipinski definition) is 4. The molecule has 1 aromatic heterocycles. The second-order valence-electron chi connectivity index (χ2n) is 5.59. The number of carbonyl (C=O) groups excluding carboxylic acids is 2. The number of nitrogens with one attached hydrogen (secondary N) is 1. The SMILES string of the molecule is Cc1nc2cc(F)ccc2cc1C(=O)OCC(=O)Nc1cccc(I)c1. The molecule has 0 radical (unpaired) electrons. The summed E-state index contributed by atoms with van der Waals surface area (Å²) in [6.45, 7) is 1.22. The first kappa shape index (κ1) is 18.2. The lowest BCUT2D eigenvalue weighted by atomic mass is 10.1. The molecule has 26 heavy (non-hydrogen) atoms. The third-order valence-electron chi connectivity index (χ3n) is 3.63. The summed E-state index contributed by atoms with van der Waals surface area (Å²) in [7, 11) is 0. The standard InChI is InChI=1S/C19H14FIN2O3/c1-11-16(7-12-5-6-13(20)8-17(12)22-11)19(25)26-10-18(24)23-15-4-2-3-14(21)9-15/h2-9H,10H2,1H3,(H,23,24). The van der Waals surface area contributed by atoms with E-state index >= 15 is 0 Å². The van der Waals surface area contributed by atoms with Crippen LogP contribution in [0.15, 0.2) is 48.5 Å². The lowest BCUT2D eigenvalue weighted by molar-refractivity contribution is -0.119. The van der Waals surface area contributed by atoms with Gasteiger partial charge in [-0.2, -0.15) is 0 Å². The van der Waals surface area contributed by atoms with Crippen molar-refractivity contribution in [2.45, 2.75) is 6.92 Å². The van der Waals surface area contributed by atoms with Crippen molar-refractivity contribution in [1.29, 1.82) is 0 Å². The van der Waals surface area contributed by atoms with E-state index in [0.717, 1.165) is 3.57 Å². The topological polar surface area (TPSA) is 68.3 Å². The largest absolute Gasteiger partial charge is 0.452 e. The molecule has 2 aromatic carbocycles. The van der Waals surface area contributed by atoms with Crippen molar-refractivity contribution < 1.29 is 18.7 Å². The van der Waals surface area contributed by atoms with Crippen LogP contribution in [0.5, 0.6) is 0 Å². The second kappa shape index (κ2) is 7.77. The van der Waals surface area contributed by atoms with Crippen molar-refractivity contribution in [3.8, 4) is 0 Å². The van der Waals surface area contributed by atoms with Crippen LogP contribution in [-0.4, -0.2) is 23.5 Å². The van der Waals surface area contributed by atoms with Gasteiger partial charge in [-0.3, -0.25) is 9.78 Å². The highest BCUT2D eigenvalue weighted by atomic mass is 127. The number of ether oxygens (including phenoxy) is 1. The normalized spacial score (nSPS) is 10.6. The van der Waals surface area contributed by atoms with Crippen molar-refractivity contribution in [2.24, 2.45) is 0 Å². The van der Waals surface area contributed by atoms with Gasteiger partial charge in [0.2, 0.25) is 0 Å². The minimum absolute atomic E-state index is 0.242. The van der Waals surface area contributed by atoms with Gasteiger partial charge in [0.1, 0.15) is 5.82 Å². The molecule has 3 rings (SSSR count). The molecule has 0 spiro atoms. The number of halogens is 2. The number of rotatable bonds is 4. The van der Waals surface area contributed by atoms with Crippen LogP contribution in [0.2, 0.25) is 0 Å². The van der Waals surface area contributed by atoms with Gasteiger partial charge in [-0.15, -0.1) is 0 Å². The highest BCUT2D eigenvalue weighted by Crippen LogP contribution is 2.18. The molecule has 1 N–H and O–H groups in total. The summed E-state index contributed by atoms with van der Waals surface area (Å²) >= 11 is 2.14. The molecular formula is C19H14FIN2O3. The van der Waals surface area contributed by atoms with Gasteiger partial charge in [-0.1, -0.05) is 6.07 Å². The van der Waals surface area contributed by atoms with Crippen LogP contribution in [0.25, 0.3) is 10.9 Å². The Morgan fingerprint density at radius 3 is 2.77 bits per heavy atom. The van der Waals surface area contributed by atoms with E-state index in [1.54, 1.807) is 25.1 Å². The summed E-state index contributed by atoms with van der Waals surface area (Å²) in [4.78, 5) is 28.4. The van der Waals surface area contributed by atoms with Crippen LogP contribution in [0, 0.1) is 16.3 Å². The van der Waals surface area contributed by atoms with E-state index in [-0.39, 0.29) is 5.56 Å². The van der Waals surface area contributed by atoms with Crippen LogP contribution < -0.4 is 5.32 Å². The van der Waals surface area contributed by atoms with Crippen molar-refractivity contribution in [3.05, 3.63) is 69.2 Å². The van der Waals surface area contributed by atoms with Crippen molar-refractivity contribution >= 4 is 51.1 Å². The zero-order valence-corrected chi connectivity index (χ0v) is 15.9. The molecule has 5 nitrogen and oxygen atoms in total. The van der Waals surface area contributed by atoms with E-state index in [4.69, 9.17) is 4.74 Å². The minimum atomic E-state index is -0.654. The molecule has 3 aromatic rings. The van der Waals surface area contributed by atoms with Gasteiger partial charge >= 0.3 is 5.97 Å². The van der Waals surface area contributed by atoms with Crippen molar-refractivity contribution in [1.82, 2.24) is 4.98 Å². The third kappa shape index (κ3) is 4.34. The van der Waals surface area contributed by atoms with Gasteiger partial charge in [0, 0.05) is 20.7 Å². The first-order valence-corrected chi connectivity index (χ1v) is 8.80. The molecule has 0 fully saturated rings. The number of amides is 1. The van der Waals surface area contributed by atoms with Crippen LogP contribution in [0.1, 0.15) is 16.1 Å². The number of aromatic nitrogens is 1. The van der Waals surface area contributed by atoms with E-state index in [1.807, 2.05) is 12.1 Å². The fourth-order valence-electron chi connectivity index (χ4n) is 2.42. The van der Waals surface area contributed by atoms with Gasteiger partial charge in [0.25, 0.3) is 5.91 Å². The average Bonchev–Trinajstić information content (AvgIpc) is 2.59. The maximum atomic E-state index is 13.3. The van der Waals surface area contributed by atoms with Crippen LogP contribution in [0.3, 0.4) is 0 Å². The summed E-state index contributed by atoms with van der Waals surface area (Å²) in [5.41, 5.74) is 1.73. The van der Waals surface area contributed by atoms with E-state index in [9.17, 15) is 14.0 Å². The Kier molecular flexibility index (Phi) is 5.46. The number of anilines is 1. The Morgan fingerprint density at radius 1 is 1.19 bits per heavy atom. The Labute approximate surface area is 162 Å². The first-order valence-electron chi connectivity index (χ1n) is 7.72. The Hall–Kier alpha value is -2.55. The van der Waals surface area contributed by atoms with Crippen molar-refractivity contribution in [2.75, 3.05) is 11.9 Å². The number of nitrogens with zero attached hydrogens (tertiary/aromatic N) is 1. The number of hydrogen-bond donors (Lipinski definition) is 1. The van der Waals surface area contributed by atoms with Crippen molar-refractivity contribution in [3.63, 3.8) is 0 Å².